The molecule has 0 heterocycles. The molecule has 0 bridgehead atoms. The number of amides is 1. The maximum Gasteiger partial charge on any atom is 0.239 e. The molecule has 0 radical (unpaired) electrons. The first-order chi connectivity index (χ1) is 13.1. The second kappa shape index (κ2) is 10.7. The minimum absolute atomic E-state index is 0.0794. The molecule has 2 aromatic carbocycles. The number of guanidine groups is 1. The van der Waals surface area contributed by atoms with E-state index in [1.54, 1.807) is 14.2 Å². The molecule has 144 valence electrons. The summed E-state index contributed by atoms with van der Waals surface area (Å²) in [6.07, 6.45) is 0.787. The fourth-order valence-corrected chi connectivity index (χ4v) is 2.44. The van der Waals surface area contributed by atoms with Gasteiger partial charge in [-0.05, 0) is 29.7 Å². The number of nitrogens with two attached hydrogens (primary N) is 1. The summed E-state index contributed by atoms with van der Waals surface area (Å²) in [6, 6.07) is 15.5. The van der Waals surface area contributed by atoms with Crippen molar-refractivity contribution in [3.05, 3.63) is 59.7 Å². The molecule has 2 rings (SSSR count). The summed E-state index contributed by atoms with van der Waals surface area (Å²) in [5.41, 5.74) is 7.92. The number of methoxy groups -OCH3 is 2. The van der Waals surface area contributed by atoms with Gasteiger partial charge in [-0.25, -0.2) is 4.99 Å². The number of ether oxygens (including phenoxy) is 2. The molecule has 27 heavy (non-hydrogen) atoms. The Labute approximate surface area is 159 Å². The number of aliphatic imine (C=N–C) groups is 1. The second-order valence-corrected chi connectivity index (χ2v) is 5.83. The number of benzene rings is 2. The van der Waals surface area contributed by atoms with Crippen molar-refractivity contribution < 1.29 is 14.3 Å². The van der Waals surface area contributed by atoms with Crippen LogP contribution in [0.4, 0.5) is 0 Å². The molecular weight excluding hydrogens is 344 g/mol. The van der Waals surface area contributed by atoms with Gasteiger partial charge in [0, 0.05) is 6.54 Å². The van der Waals surface area contributed by atoms with Crippen LogP contribution in [0.5, 0.6) is 11.5 Å². The molecule has 7 nitrogen and oxygen atoms in total. The Morgan fingerprint density at radius 3 is 2.44 bits per heavy atom. The number of carbonyl (C=O) groups excluding carboxylic acids is 1. The zero-order valence-electron chi connectivity index (χ0n) is 15.7. The van der Waals surface area contributed by atoms with Crippen molar-refractivity contribution >= 4 is 11.9 Å². The minimum atomic E-state index is -0.129. The standard InChI is InChI=1S/C20H26N4O3/c1-26-17-9-8-16(12-18(17)27-2)13-23-20(21)24-14-19(25)22-11-10-15-6-4-3-5-7-15/h3-9,12H,10-11,13-14H2,1-2H3,(H,22,25)(H3,21,23,24). The van der Waals surface area contributed by atoms with Gasteiger partial charge in [0.05, 0.1) is 27.3 Å². The SMILES string of the molecule is COc1ccc(CN=C(N)NCC(=O)NCCc2ccccc2)cc1OC. The Balaban J connectivity index is 1.72. The Kier molecular flexibility index (Phi) is 7.96. The lowest BCUT2D eigenvalue weighted by Gasteiger charge is -2.09. The predicted molar refractivity (Wildman–Crippen MR) is 106 cm³/mol. The van der Waals surface area contributed by atoms with Gasteiger partial charge in [-0.1, -0.05) is 36.4 Å². The van der Waals surface area contributed by atoms with Crippen LogP contribution in [-0.4, -0.2) is 39.2 Å². The van der Waals surface area contributed by atoms with Crippen LogP contribution in [0.1, 0.15) is 11.1 Å². The molecule has 0 spiro atoms. The maximum absolute atomic E-state index is 11.9. The summed E-state index contributed by atoms with van der Waals surface area (Å²) in [5, 5.41) is 5.66. The number of nitrogens with one attached hydrogen (secondary N) is 2. The zero-order chi connectivity index (χ0) is 19.5. The third-order valence-corrected chi connectivity index (χ3v) is 3.89. The van der Waals surface area contributed by atoms with Crippen molar-refractivity contribution in [1.29, 1.82) is 0 Å². The van der Waals surface area contributed by atoms with E-state index in [2.05, 4.69) is 15.6 Å². The molecule has 0 saturated carbocycles. The molecule has 0 aliphatic rings. The van der Waals surface area contributed by atoms with Crippen LogP contribution in [0.3, 0.4) is 0 Å². The lowest BCUT2D eigenvalue weighted by molar-refractivity contribution is -0.119. The fourth-order valence-electron chi connectivity index (χ4n) is 2.44. The molecule has 2 aromatic rings. The van der Waals surface area contributed by atoms with E-state index in [-0.39, 0.29) is 18.4 Å². The van der Waals surface area contributed by atoms with Crippen LogP contribution in [-0.2, 0) is 17.8 Å². The van der Waals surface area contributed by atoms with Gasteiger partial charge in [-0.2, -0.15) is 0 Å². The second-order valence-electron chi connectivity index (χ2n) is 5.83. The summed E-state index contributed by atoms with van der Waals surface area (Å²) in [6.45, 7) is 1.03. The van der Waals surface area contributed by atoms with Gasteiger partial charge in [0.1, 0.15) is 0 Å². The highest BCUT2D eigenvalue weighted by Gasteiger charge is 2.05. The van der Waals surface area contributed by atoms with Crippen molar-refractivity contribution in [3.8, 4) is 11.5 Å². The minimum Gasteiger partial charge on any atom is -0.493 e. The predicted octanol–water partition coefficient (Wildman–Crippen LogP) is 1.47. The van der Waals surface area contributed by atoms with Crippen LogP contribution < -0.4 is 25.8 Å². The molecule has 4 N–H and O–H groups in total. The van der Waals surface area contributed by atoms with Gasteiger partial charge in [0.25, 0.3) is 0 Å². The summed E-state index contributed by atoms with van der Waals surface area (Å²) in [4.78, 5) is 16.1. The third kappa shape index (κ3) is 6.89. The summed E-state index contributed by atoms with van der Waals surface area (Å²) >= 11 is 0. The van der Waals surface area contributed by atoms with Crippen molar-refractivity contribution in [2.45, 2.75) is 13.0 Å². The van der Waals surface area contributed by atoms with Crippen molar-refractivity contribution in [3.63, 3.8) is 0 Å². The molecule has 0 saturated heterocycles. The molecule has 0 aliphatic heterocycles. The number of nitrogens with zero attached hydrogens (tertiary/aromatic N) is 1. The van der Waals surface area contributed by atoms with Crippen molar-refractivity contribution in [2.75, 3.05) is 27.3 Å². The van der Waals surface area contributed by atoms with Crippen molar-refractivity contribution in [2.24, 2.45) is 10.7 Å². The first kappa shape index (κ1) is 20.1. The van der Waals surface area contributed by atoms with E-state index in [4.69, 9.17) is 15.2 Å². The third-order valence-electron chi connectivity index (χ3n) is 3.89. The van der Waals surface area contributed by atoms with Gasteiger partial charge < -0.3 is 25.8 Å². The van der Waals surface area contributed by atoms with Crippen LogP contribution in [0.15, 0.2) is 53.5 Å². The average molecular weight is 370 g/mol. The first-order valence-corrected chi connectivity index (χ1v) is 8.67. The monoisotopic (exact) mass is 370 g/mol. The summed E-state index contributed by atoms with van der Waals surface area (Å²) in [5.74, 6) is 1.37. The quantitative estimate of drug-likeness (QED) is 0.459. The van der Waals surface area contributed by atoms with Crippen LogP contribution in [0.2, 0.25) is 0 Å². The van der Waals surface area contributed by atoms with E-state index in [1.165, 1.54) is 5.56 Å². The number of rotatable bonds is 9. The average Bonchev–Trinajstić information content (AvgIpc) is 2.71. The van der Waals surface area contributed by atoms with E-state index in [0.717, 1.165) is 12.0 Å². The molecule has 7 heteroatoms. The molecule has 0 aliphatic carbocycles. The summed E-state index contributed by atoms with van der Waals surface area (Å²) in [7, 11) is 3.17. The Hall–Kier alpha value is -3.22. The smallest absolute Gasteiger partial charge is 0.239 e. The fraction of sp³-hybridized carbons (Fsp3) is 0.300. The van der Waals surface area contributed by atoms with Crippen LogP contribution in [0.25, 0.3) is 0 Å². The molecule has 0 aromatic heterocycles. The topological polar surface area (TPSA) is 98.0 Å². The van der Waals surface area contributed by atoms with E-state index < -0.39 is 0 Å². The van der Waals surface area contributed by atoms with E-state index in [9.17, 15) is 4.79 Å². The molecule has 0 fully saturated rings. The maximum atomic E-state index is 11.9. The number of hydrogen-bond acceptors (Lipinski definition) is 4. The Bertz CT molecular complexity index is 763. The van der Waals surface area contributed by atoms with Crippen LogP contribution in [0, 0.1) is 0 Å². The molecule has 1 amide bonds. The van der Waals surface area contributed by atoms with Gasteiger partial charge in [0.2, 0.25) is 5.91 Å². The van der Waals surface area contributed by atoms with E-state index >= 15 is 0 Å². The Morgan fingerprint density at radius 1 is 1.00 bits per heavy atom. The van der Waals surface area contributed by atoms with Gasteiger partial charge in [0.15, 0.2) is 17.5 Å². The molecule has 0 unspecified atom stereocenters. The number of carbonyl (C=O) groups is 1. The Morgan fingerprint density at radius 2 is 1.74 bits per heavy atom. The molecular formula is C20H26N4O3. The molecule has 0 atom stereocenters. The lowest BCUT2D eigenvalue weighted by atomic mass is 10.1. The highest BCUT2D eigenvalue weighted by Crippen LogP contribution is 2.27. The first-order valence-electron chi connectivity index (χ1n) is 8.67. The normalized spacial score (nSPS) is 11.0. The van der Waals surface area contributed by atoms with Crippen molar-refractivity contribution in [1.82, 2.24) is 10.6 Å². The van der Waals surface area contributed by atoms with Crippen LogP contribution >= 0.6 is 0 Å². The summed E-state index contributed by atoms with van der Waals surface area (Å²) < 4.78 is 10.5. The van der Waals surface area contributed by atoms with Gasteiger partial charge in [-0.3, -0.25) is 4.79 Å². The highest BCUT2D eigenvalue weighted by molar-refractivity contribution is 5.85. The van der Waals surface area contributed by atoms with E-state index in [1.807, 2.05) is 48.5 Å². The zero-order valence-corrected chi connectivity index (χ0v) is 15.7. The lowest BCUT2D eigenvalue weighted by Crippen LogP contribution is -2.41. The van der Waals surface area contributed by atoms with Gasteiger partial charge >= 0.3 is 0 Å². The largest absolute Gasteiger partial charge is 0.493 e. The van der Waals surface area contributed by atoms with Gasteiger partial charge in [-0.15, -0.1) is 0 Å². The van der Waals surface area contributed by atoms with E-state index in [0.29, 0.717) is 24.6 Å². The highest BCUT2D eigenvalue weighted by atomic mass is 16.5. The number of hydrogen-bond donors (Lipinski definition) is 3.